The van der Waals surface area contributed by atoms with E-state index in [0.29, 0.717) is 28.2 Å². The van der Waals surface area contributed by atoms with Gasteiger partial charge in [0.25, 0.3) is 0 Å². The molecule has 12 nitrogen and oxygen atoms in total. The summed E-state index contributed by atoms with van der Waals surface area (Å²) < 4.78 is 25.0. The molecule has 4 aromatic carbocycles. The smallest absolute Gasteiger partial charge is 0.203 e. The van der Waals surface area contributed by atoms with Crippen LogP contribution in [-0.2, 0) is 0 Å². The first-order chi connectivity index (χ1) is 26.7. The van der Waals surface area contributed by atoms with E-state index in [9.17, 15) is 0 Å². The number of nitrogens with two attached hydrogens (primary N) is 1. The van der Waals surface area contributed by atoms with Crippen LogP contribution in [0.15, 0.2) is 122 Å². The van der Waals surface area contributed by atoms with Crippen LogP contribution in [0.3, 0.4) is 0 Å². The highest BCUT2D eigenvalue weighted by Gasteiger charge is 2.14. The molecule has 0 bridgehead atoms. The van der Waals surface area contributed by atoms with E-state index in [1.54, 1.807) is 58.1 Å². The molecular weight excluding hydrogens is 716 g/mol. The van der Waals surface area contributed by atoms with Gasteiger partial charge in [0.15, 0.2) is 11.5 Å². The summed E-state index contributed by atoms with van der Waals surface area (Å²) >= 11 is 5.71. The molecule has 55 heavy (non-hydrogen) atoms. The first kappa shape index (κ1) is 38.0. The van der Waals surface area contributed by atoms with Gasteiger partial charge in [-0.25, -0.2) is 19.9 Å². The molecular formula is C42H41ClN8O4. The summed E-state index contributed by atoms with van der Waals surface area (Å²) in [6, 6.07) is 27.8. The van der Waals surface area contributed by atoms with Crippen molar-refractivity contribution in [1.29, 1.82) is 0 Å². The minimum absolute atomic E-state index is 0.448. The highest BCUT2D eigenvalue weighted by Crippen LogP contribution is 2.39. The van der Waals surface area contributed by atoms with Gasteiger partial charge in [0.2, 0.25) is 5.75 Å². The highest BCUT2D eigenvalue weighted by molar-refractivity contribution is 6.30. The fraction of sp³-hybridized carbons (Fsp3) is 0.143. The van der Waals surface area contributed by atoms with E-state index in [1.165, 1.54) is 5.56 Å². The number of imidazole rings is 2. The standard InChI is InChI=1S/C21H20N4O.C12H15N3O3.C9H6ClN/c1-14-8-18(10-19(26-3)15(14)2)25-12-21(23-13-25)24-20-9-16-6-4-5-7-17(16)11-22-20;1-16-9-4-8(15-6-11(13)14-7-15)5-10(17-2)12(9)18-3;10-9-5-7-3-1-2-4-8(7)6-11-9/h4-13H,1-3H3,(H,22,24);4-7H,13H2,1-3H3;1-6H. The number of hydrogen-bond acceptors (Lipinski definition) is 10. The second-order valence-corrected chi connectivity index (χ2v) is 12.6. The number of methoxy groups -OCH3 is 4. The van der Waals surface area contributed by atoms with Crippen molar-refractivity contribution < 1.29 is 18.9 Å². The quantitative estimate of drug-likeness (QED) is 0.145. The highest BCUT2D eigenvalue weighted by atomic mass is 35.5. The molecule has 0 saturated carbocycles. The number of ether oxygens (including phenoxy) is 4. The lowest BCUT2D eigenvalue weighted by Gasteiger charge is -2.14. The largest absolute Gasteiger partial charge is 0.496 e. The van der Waals surface area contributed by atoms with Crippen molar-refractivity contribution in [3.05, 3.63) is 139 Å². The van der Waals surface area contributed by atoms with Gasteiger partial charge in [0.1, 0.15) is 41.0 Å². The molecule has 0 spiro atoms. The van der Waals surface area contributed by atoms with Crippen LogP contribution in [-0.4, -0.2) is 57.5 Å². The fourth-order valence-corrected chi connectivity index (χ4v) is 5.90. The number of benzene rings is 4. The maximum atomic E-state index is 5.71. The van der Waals surface area contributed by atoms with Crippen molar-refractivity contribution in [2.45, 2.75) is 13.8 Å². The molecule has 8 rings (SSSR count). The Balaban J connectivity index is 0.000000153. The van der Waals surface area contributed by atoms with E-state index in [0.717, 1.165) is 55.9 Å². The Morgan fingerprint density at radius 2 is 1.13 bits per heavy atom. The second-order valence-electron chi connectivity index (χ2n) is 12.2. The van der Waals surface area contributed by atoms with Gasteiger partial charge in [-0.05, 0) is 53.9 Å². The van der Waals surface area contributed by atoms with Crippen LogP contribution < -0.4 is 30.0 Å². The van der Waals surface area contributed by atoms with Crippen molar-refractivity contribution in [3.63, 3.8) is 0 Å². The number of pyridine rings is 2. The van der Waals surface area contributed by atoms with Gasteiger partial charge in [0.05, 0.1) is 52.2 Å². The topological polar surface area (TPSA) is 136 Å². The number of nitrogens with zero attached hydrogens (tertiary/aromatic N) is 6. The molecule has 13 heteroatoms. The molecule has 0 aliphatic heterocycles. The molecule has 0 aliphatic carbocycles. The van der Waals surface area contributed by atoms with Crippen molar-refractivity contribution in [2.75, 3.05) is 39.5 Å². The van der Waals surface area contributed by atoms with Gasteiger partial charge in [0, 0.05) is 41.4 Å². The van der Waals surface area contributed by atoms with Crippen molar-refractivity contribution >= 4 is 50.6 Å². The summed E-state index contributed by atoms with van der Waals surface area (Å²) in [4.78, 5) is 16.9. The molecule has 0 fully saturated rings. The summed E-state index contributed by atoms with van der Waals surface area (Å²) in [5, 5.41) is 8.32. The zero-order valence-electron chi connectivity index (χ0n) is 31.3. The lowest BCUT2D eigenvalue weighted by atomic mass is 10.1. The Labute approximate surface area is 324 Å². The number of fused-ring (bicyclic) bond motifs is 2. The number of hydrogen-bond donors (Lipinski definition) is 2. The monoisotopic (exact) mass is 756 g/mol. The summed E-state index contributed by atoms with van der Waals surface area (Å²) in [6.45, 7) is 4.14. The Morgan fingerprint density at radius 3 is 1.73 bits per heavy atom. The summed E-state index contributed by atoms with van der Waals surface area (Å²) in [5.74, 6) is 4.55. The Bertz CT molecular complexity index is 2530. The SMILES string of the molecule is COc1cc(-n2cnc(N)c2)cc(OC)c1OC.COc1cc(-n2cnc(Nc3cc4ccccc4cn3)c2)cc(C)c1C.Clc1cc2ccccc2cn1. The number of halogens is 1. The van der Waals surface area contributed by atoms with E-state index in [4.69, 9.17) is 36.3 Å². The van der Waals surface area contributed by atoms with Crippen LogP contribution in [0.2, 0.25) is 5.15 Å². The molecule has 0 atom stereocenters. The molecule has 0 radical (unpaired) electrons. The number of aromatic nitrogens is 6. The molecule has 8 aromatic rings. The Hall–Kier alpha value is -6.79. The summed E-state index contributed by atoms with van der Waals surface area (Å²) in [7, 11) is 6.40. The molecule has 4 aromatic heterocycles. The minimum atomic E-state index is 0.448. The lowest BCUT2D eigenvalue weighted by molar-refractivity contribution is 0.324. The van der Waals surface area contributed by atoms with Crippen LogP contribution in [0.4, 0.5) is 17.5 Å². The Morgan fingerprint density at radius 1 is 0.582 bits per heavy atom. The predicted octanol–water partition coefficient (Wildman–Crippen LogP) is 9.16. The maximum absolute atomic E-state index is 5.71. The van der Waals surface area contributed by atoms with E-state index in [1.807, 2.05) is 89.8 Å². The number of anilines is 3. The van der Waals surface area contributed by atoms with E-state index >= 15 is 0 Å². The lowest BCUT2D eigenvalue weighted by Crippen LogP contribution is -1.98. The minimum Gasteiger partial charge on any atom is -0.496 e. The first-order valence-electron chi connectivity index (χ1n) is 17.1. The number of rotatable bonds is 8. The maximum Gasteiger partial charge on any atom is 0.203 e. The molecule has 0 amide bonds. The van der Waals surface area contributed by atoms with Gasteiger partial charge in [-0.2, -0.15) is 0 Å². The van der Waals surface area contributed by atoms with Gasteiger partial charge < -0.3 is 39.1 Å². The van der Waals surface area contributed by atoms with Crippen LogP contribution >= 0.6 is 11.6 Å². The molecule has 3 N–H and O–H groups in total. The molecule has 0 saturated heterocycles. The van der Waals surface area contributed by atoms with E-state index in [2.05, 4.69) is 51.2 Å². The average molecular weight is 757 g/mol. The van der Waals surface area contributed by atoms with Crippen molar-refractivity contribution in [1.82, 2.24) is 29.1 Å². The van der Waals surface area contributed by atoms with Crippen LogP contribution in [0.25, 0.3) is 32.9 Å². The normalized spacial score (nSPS) is 10.5. The van der Waals surface area contributed by atoms with Crippen LogP contribution in [0.5, 0.6) is 23.0 Å². The van der Waals surface area contributed by atoms with Crippen LogP contribution in [0, 0.1) is 13.8 Å². The molecule has 4 heterocycles. The summed E-state index contributed by atoms with van der Waals surface area (Å²) in [5.41, 5.74) is 9.76. The Kier molecular flexibility index (Phi) is 12.0. The second kappa shape index (κ2) is 17.4. The van der Waals surface area contributed by atoms with Crippen molar-refractivity contribution in [3.8, 4) is 34.4 Å². The van der Waals surface area contributed by atoms with Gasteiger partial charge >= 0.3 is 0 Å². The first-order valence-corrected chi connectivity index (χ1v) is 17.5. The number of nitrogen functional groups attached to an aromatic ring is 1. The van der Waals surface area contributed by atoms with E-state index in [-0.39, 0.29) is 0 Å². The predicted molar refractivity (Wildman–Crippen MR) is 219 cm³/mol. The summed E-state index contributed by atoms with van der Waals surface area (Å²) in [6.07, 6.45) is 10.7. The zero-order valence-corrected chi connectivity index (χ0v) is 32.1. The fourth-order valence-electron chi connectivity index (χ4n) is 5.73. The van der Waals surface area contributed by atoms with Gasteiger partial charge in [-0.15, -0.1) is 0 Å². The van der Waals surface area contributed by atoms with Crippen LogP contribution in [0.1, 0.15) is 11.1 Å². The molecule has 280 valence electrons. The average Bonchev–Trinajstić information content (AvgIpc) is 3.87. The third-order valence-electron chi connectivity index (χ3n) is 8.74. The number of nitrogens with one attached hydrogen (secondary N) is 1. The third-order valence-corrected chi connectivity index (χ3v) is 8.95. The number of aryl methyl sites for hydroxylation is 1. The van der Waals surface area contributed by atoms with Crippen molar-refractivity contribution in [2.24, 2.45) is 0 Å². The van der Waals surface area contributed by atoms with Gasteiger partial charge in [-0.3, -0.25) is 0 Å². The molecule has 0 unspecified atom stereocenters. The zero-order chi connectivity index (χ0) is 38.9. The van der Waals surface area contributed by atoms with Gasteiger partial charge in [-0.1, -0.05) is 60.1 Å². The third kappa shape index (κ3) is 9.06. The van der Waals surface area contributed by atoms with E-state index < -0.39 is 0 Å². The molecule has 0 aliphatic rings.